The average molecular weight is 1150 g/mol. The van der Waals surface area contributed by atoms with Crippen LogP contribution in [0.3, 0.4) is 0 Å². The van der Waals surface area contributed by atoms with E-state index in [9.17, 15) is 0 Å². The van der Waals surface area contributed by atoms with E-state index in [1.165, 1.54) is 118 Å². The van der Waals surface area contributed by atoms with E-state index in [0.29, 0.717) is 0 Å². The summed E-state index contributed by atoms with van der Waals surface area (Å²) in [7, 11) is -3.13. The van der Waals surface area contributed by atoms with Gasteiger partial charge in [0.25, 0.3) is 0 Å². The van der Waals surface area contributed by atoms with Crippen molar-refractivity contribution in [2.75, 3.05) is 0 Å². The molecular weight excluding hydrogens is 1100 g/mol. The van der Waals surface area contributed by atoms with Crippen molar-refractivity contribution >= 4 is 104 Å². The van der Waals surface area contributed by atoms with E-state index >= 15 is 0 Å². The summed E-state index contributed by atoms with van der Waals surface area (Å²) in [6.07, 6.45) is 0. The zero-order valence-corrected chi connectivity index (χ0v) is 50.0. The SMILES string of the molecule is c1ccc(-c2ccc([Si](c3ccccc3)(c3ccccc3)c3cc(-c4ccccc4)c(-n4c5ccccc5c5cc(-n6c7ccccc7c7cccc(-c8ccccc8-c8cccc9c8sc8ccccc89)c76)ccc54)c(-c4ccccc4)c3)cc2)cc1. The largest absolute Gasteiger partial charge is 0.309 e. The lowest BCUT2D eigenvalue weighted by atomic mass is 9.92. The normalized spacial score (nSPS) is 11.9. The molecule has 0 aliphatic rings. The molecule has 3 aromatic heterocycles. The minimum Gasteiger partial charge on any atom is -0.309 e. The van der Waals surface area contributed by atoms with Crippen molar-refractivity contribution in [3.05, 3.63) is 340 Å². The number of hydrogen-bond donors (Lipinski definition) is 0. The van der Waals surface area contributed by atoms with Crippen molar-refractivity contribution in [1.82, 2.24) is 9.13 Å². The predicted octanol–water partition coefficient (Wildman–Crippen LogP) is 20.0. The summed E-state index contributed by atoms with van der Waals surface area (Å²) in [5.41, 5.74) is 18.9. The van der Waals surface area contributed by atoms with Gasteiger partial charge in [-0.1, -0.05) is 303 Å². The highest BCUT2D eigenvalue weighted by Crippen LogP contribution is 2.47. The fourth-order valence-electron chi connectivity index (χ4n) is 14.4. The Hall–Kier alpha value is -10.9. The summed E-state index contributed by atoms with van der Waals surface area (Å²) in [5.74, 6) is 0. The molecule has 14 aromatic carbocycles. The van der Waals surface area contributed by atoms with Gasteiger partial charge in [0.15, 0.2) is 8.07 Å². The van der Waals surface area contributed by atoms with E-state index in [4.69, 9.17) is 0 Å². The Morgan fingerprint density at radius 3 is 1.30 bits per heavy atom. The van der Waals surface area contributed by atoms with Crippen LogP contribution in [-0.2, 0) is 0 Å². The number of fused-ring (bicyclic) bond motifs is 9. The lowest BCUT2D eigenvalue weighted by molar-refractivity contribution is 1.17. The van der Waals surface area contributed by atoms with Crippen LogP contribution in [0.1, 0.15) is 0 Å². The molecule has 17 aromatic rings. The van der Waals surface area contributed by atoms with E-state index in [-0.39, 0.29) is 0 Å². The van der Waals surface area contributed by atoms with Crippen LogP contribution in [0.5, 0.6) is 0 Å². The van der Waals surface area contributed by atoms with Crippen LogP contribution in [0.2, 0.25) is 0 Å². The van der Waals surface area contributed by atoms with Crippen LogP contribution >= 0.6 is 11.3 Å². The average Bonchev–Trinajstić information content (AvgIpc) is 1.45. The lowest BCUT2D eigenvalue weighted by Gasteiger charge is -2.36. The fraction of sp³-hybridized carbons (Fsp3) is 0. The molecule has 0 fully saturated rings. The second-order valence-corrected chi connectivity index (χ2v) is 27.9. The van der Waals surface area contributed by atoms with Gasteiger partial charge in [0.1, 0.15) is 0 Å². The standard InChI is InChI=1S/C84H56N2SSi/c1-6-26-57(27-7-1)58-48-51-64(52-49-58)88(62-32-12-4-13-33-62,63-34-14-5-15-35-63)65-55-75(59-28-8-2-9-29-59)83(76(56-65)60-30-10-3-11-31-60)86-79-46-22-19-39-69(79)77-54-61(50-53-80(77)86)85-78-45-21-18-38-68(78)72-42-24-41-71(82(72)85)66-36-16-17-37-67(66)73-43-25-44-74-70-40-20-23-47-81(70)87-84(73)74/h1-56H. The quantitative estimate of drug-likeness (QED) is 0.0902. The van der Waals surface area contributed by atoms with E-state index < -0.39 is 8.07 Å². The minimum absolute atomic E-state index is 1.11. The van der Waals surface area contributed by atoms with Gasteiger partial charge in [-0.05, 0) is 90.5 Å². The highest BCUT2D eigenvalue weighted by molar-refractivity contribution is 7.26. The van der Waals surface area contributed by atoms with Gasteiger partial charge in [-0.15, -0.1) is 11.3 Å². The molecule has 412 valence electrons. The van der Waals surface area contributed by atoms with Crippen LogP contribution < -0.4 is 20.7 Å². The highest BCUT2D eigenvalue weighted by Gasteiger charge is 2.43. The van der Waals surface area contributed by atoms with Crippen LogP contribution in [0, 0.1) is 0 Å². The van der Waals surface area contributed by atoms with Crippen molar-refractivity contribution in [2.24, 2.45) is 0 Å². The summed E-state index contributed by atoms with van der Waals surface area (Å²) in [6, 6.07) is 127. The Balaban J connectivity index is 0.927. The summed E-state index contributed by atoms with van der Waals surface area (Å²) in [5, 5.41) is 12.7. The zero-order chi connectivity index (χ0) is 58.1. The second kappa shape index (κ2) is 21.3. The van der Waals surface area contributed by atoms with E-state index in [0.717, 1.165) is 33.5 Å². The molecule has 0 atom stereocenters. The highest BCUT2D eigenvalue weighted by atomic mass is 32.1. The lowest BCUT2D eigenvalue weighted by Crippen LogP contribution is -2.74. The molecule has 0 saturated carbocycles. The van der Waals surface area contributed by atoms with Crippen molar-refractivity contribution in [2.45, 2.75) is 0 Å². The molecule has 0 radical (unpaired) electrons. The molecule has 0 saturated heterocycles. The molecule has 3 heterocycles. The first-order valence-corrected chi connectivity index (χ1v) is 33.1. The number of nitrogens with zero attached hydrogens (tertiary/aromatic N) is 2. The Bertz CT molecular complexity index is 5370. The molecular formula is C84H56N2SSi. The molecule has 88 heavy (non-hydrogen) atoms. The van der Waals surface area contributed by atoms with E-state index in [2.05, 4.69) is 349 Å². The number of hydrogen-bond acceptors (Lipinski definition) is 1. The topological polar surface area (TPSA) is 9.86 Å². The van der Waals surface area contributed by atoms with Gasteiger partial charge in [0.05, 0.1) is 27.8 Å². The smallest absolute Gasteiger partial charge is 0.179 e. The number of thiophene rings is 1. The summed E-state index contributed by atoms with van der Waals surface area (Å²) in [4.78, 5) is 0. The summed E-state index contributed by atoms with van der Waals surface area (Å²) >= 11 is 1.89. The van der Waals surface area contributed by atoms with Crippen molar-refractivity contribution < 1.29 is 0 Å². The molecule has 17 rings (SSSR count). The van der Waals surface area contributed by atoms with Crippen molar-refractivity contribution in [3.8, 4) is 67.0 Å². The fourth-order valence-corrected chi connectivity index (χ4v) is 20.4. The molecule has 0 bridgehead atoms. The van der Waals surface area contributed by atoms with Crippen LogP contribution in [0.15, 0.2) is 340 Å². The van der Waals surface area contributed by atoms with Crippen LogP contribution in [0.4, 0.5) is 0 Å². The number of aromatic nitrogens is 2. The van der Waals surface area contributed by atoms with Gasteiger partial charge in [0.2, 0.25) is 0 Å². The van der Waals surface area contributed by atoms with Gasteiger partial charge in [-0.2, -0.15) is 0 Å². The molecule has 2 nitrogen and oxygen atoms in total. The van der Waals surface area contributed by atoms with E-state index in [1.807, 2.05) is 11.3 Å². The van der Waals surface area contributed by atoms with Gasteiger partial charge in [-0.3, -0.25) is 0 Å². The third-order valence-electron chi connectivity index (χ3n) is 18.3. The molecule has 4 heteroatoms. The maximum Gasteiger partial charge on any atom is 0.179 e. The second-order valence-electron chi connectivity index (χ2n) is 23.0. The molecule has 0 aliphatic heterocycles. The Morgan fingerprint density at radius 1 is 0.239 bits per heavy atom. The number of rotatable bonds is 11. The molecule has 0 unspecified atom stereocenters. The van der Waals surface area contributed by atoms with Gasteiger partial charge in [0, 0.05) is 69.7 Å². The van der Waals surface area contributed by atoms with Crippen molar-refractivity contribution in [3.63, 3.8) is 0 Å². The molecule has 0 aliphatic carbocycles. The number of benzene rings is 14. The van der Waals surface area contributed by atoms with Gasteiger partial charge >= 0.3 is 0 Å². The maximum atomic E-state index is 2.58. The van der Waals surface area contributed by atoms with Crippen LogP contribution in [-0.4, -0.2) is 17.2 Å². The van der Waals surface area contributed by atoms with Gasteiger partial charge < -0.3 is 9.13 Å². The van der Waals surface area contributed by atoms with Gasteiger partial charge in [-0.25, -0.2) is 0 Å². The summed E-state index contributed by atoms with van der Waals surface area (Å²) in [6.45, 7) is 0. The zero-order valence-electron chi connectivity index (χ0n) is 48.1. The Labute approximate surface area is 516 Å². The third-order valence-corrected chi connectivity index (χ3v) is 24.3. The Morgan fingerprint density at radius 2 is 0.670 bits per heavy atom. The number of para-hydroxylation sites is 3. The first-order valence-electron chi connectivity index (χ1n) is 30.3. The van der Waals surface area contributed by atoms with E-state index in [1.54, 1.807) is 0 Å². The molecule has 0 spiro atoms. The van der Waals surface area contributed by atoms with Crippen LogP contribution in [0.25, 0.3) is 131 Å². The Kier molecular flexibility index (Phi) is 12.5. The maximum absolute atomic E-state index is 3.13. The third kappa shape index (κ3) is 8.22. The minimum atomic E-state index is -3.13. The monoisotopic (exact) mass is 1150 g/mol. The summed E-state index contributed by atoms with van der Waals surface area (Å²) < 4.78 is 7.73. The molecule has 0 N–H and O–H groups in total. The first-order chi connectivity index (χ1) is 43.7. The van der Waals surface area contributed by atoms with Crippen molar-refractivity contribution in [1.29, 1.82) is 0 Å². The predicted molar refractivity (Wildman–Crippen MR) is 379 cm³/mol. The first kappa shape index (κ1) is 51.5. The molecule has 0 amide bonds.